The van der Waals surface area contributed by atoms with Crippen LogP contribution in [0.25, 0.3) is 11.1 Å². The number of nitrogens with zero attached hydrogens (tertiary/aromatic N) is 6. The molecule has 13 nitrogen and oxygen atoms in total. The van der Waals surface area contributed by atoms with E-state index in [1.165, 1.54) is 40.2 Å². The molecule has 4 heterocycles. The van der Waals surface area contributed by atoms with Gasteiger partial charge in [-0.05, 0) is 23.1 Å². The summed E-state index contributed by atoms with van der Waals surface area (Å²) in [5, 5.41) is 20.0. The molecule has 0 saturated carbocycles. The van der Waals surface area contributed by atoms with Crippen LogP contribution in [0.2, 0.25) is 0 Å². The molecule has 1 amide bonds. The van der Waals surface area contributed by atoms with E-state index in [1.807, 2.05) is 0 Å². The molecule has 1 N–H and O–H groups in total. The van der Waals surface area contributed by atoms with Crippen molar-refractivity contribution in [2.75, 3.05) is 24.7 Å². The van der Waals surface area contributed by atoms with E-state index in [9.17, 15) is 19.3 Å². The molecule has 0 bridgehead atoms. The zero-order chi connectivity index (χ0) is 23.8. The Morgan fingerprint density at radius 1 is 1.29 bits per heavy atom. The van der Waals surface area contributed by atoms with Gasteiger partial charge in [-0.2, -0.15) is 0 Å². The van der Waals surface area contributed by atoms with Crippen LogP contribution in [0.1, 0.15) is 0 Å². The van der Waals surface area contributed by atoms with Gasteiger partial charge in [0.05, 0.1) is 25.4 Å². The lowest BCUT2D eigenvalue weighted by Crippen LogP contribution is -2.34. The fraction of sp³-hybridized carbons (Fsp3) is 0.300. The number of aliphatic hydroxyl groups is 1. The van der Waals surface area contributed by atoms with Crippen molar-refractivity contribution in [3.05, 3.63) is 52.7 Å². The number of hydrogen-bond acceptors (Lipinski definition) is 10. The van der Waals surface area contributed by atoms with Gasteiger partial charge in [-0.1, -0.05) is 0 Å². The predicted octanol–water partition coefficient (Wildman–Crippen LogP) is 1.54. The molecular formula is C20H17FN6O7. The molecule has 14 heteroatoms. The third-order valence-electron chi connectivity index (χ3n) is 5.27. The van der Waals surface area contributed by atoms with Gasteiger partial charge >= 0.3 is 23.9 Å². The Labute approximate surface area is 190 Å². The first-order chi connectivity index (χ1) is 16.4. The second-order valence-electron chi connectivity index (χ2n) is 7.56. The molecule has 0 aliphatic carbocycles. The molecule has 2 aliphatic heterocycles. The Bertz CT molecular complexity index is 1250. The summed E-state index contributed by atoms with van der Waals surface area (Å²) in [5.74, 6) is -0.913. The van der Waals surface area contributed by atoms with Crippen molar-refractivity contribution in [2.45, 2.75) is 18.8 Å². The van der Waals surface area contributed by atoms with Crippen LogP contribution in [0.15, 0.2) is 36.8 Å². The van der Waals surface area contributed by atoms with E-state index in [2.05, 4.69) is 15.0 Å². The molecule has 2 aliphatic rings. The summed E-state index contributed by atoms with van der Waals surface area (Å²) in [4.78, 5) is 35.4. The lowest BCUT2D eigenvalue weighted by atomic mass is 10.1. The standard InChI is InChI=1S/C20H17FN6O7/c21-16-3-12(26-7-13(9-28)34-20(26)29)1-2-15(16)11-4-22-18(23-5-11)33-14-6-25-8-17(27(30)31)24-19(25)32-10-14/h1-5,8,13-14,28H,6-7,9-10H2/t13-,14+/m0/s1. The third-order valence-corrected chi connectivity index (χ3v) is 5.27. The van der Waals surface area contributed by atoms with Crippen LogP contribution in [-0.4, -0.2) is 67.6 Å². The van der Waals surface area contributed by atoms with Crippen LogP contribution in [-0.2, 0) is 11.3 Å². The van der Waals surface area contributed by atoms with Crippen LogP contribution in [0.4, 0.5) is 20.7 Å². The Morgan fingerprint density at radius 2 is 2.09 bits per heavy atom. The molecule has 2 aromatic heterocycles. The van der Waals surface area contributed by atoms with Gasteiger partial charge in [0.1, 0.15) is 24.7 Å². The van der Waals surface area contributed by atoms with E-state index in [0.717, 1.165) is 0 Å². The van der Waals surface area contributed by atoms with Crippen LogP contribution < -0.4 is 14.4 Å². The van der Waals surface area contributed by atoms with Gasteiger partial charge in [0.25, 0.3) is 0 Å². The minimum atomic E-state index is -0.653. The molecule has 0 unspecified atom stereocenters. The molecule has 1 saturated heterocycles. The highest BCUT2D eigenvalue weighted by molar-refractivity contribution is 5.90. The minimum Gasteiger partial charge on any atom is -0.455 e. The minimum absolute atomic E-state index is 0.0299. The predicted molar refractivity (Wildman–Crippen MR) is 111 cm³/mol. The topological polar surface area (TPSA) is 155 Å². The molecular weight excluding hydrogens is 455 g/mol. The average Bonchev–Trinajstić information content (AvgIpc) is 3.43. The first-order valence-electron chi connectivity index (χ1n) is 10.1. The number of benzene rings is 1. The molecule has 0 radical (unpaired) electrons. The van der Waals surface area contributed by atoms with Crippen molar-refractivity contribution in [3.8, 4) is 23.1 Å². The second kappa shape index (κ2) is 8.55. The maximum Gasteiger partial charge on any atom is 0.414 e. The smallest absolute Gasteiger partial charge is 0.414 e. The van der Waals surface area contributed by atoms with E-state index < -0.39 is 29.0 Å². The van der Waals surface area contributed by atoms with Gasteiger partial charge in [0.2, 0.25) is 0 Å². The number of fused-ring (bicyclic) bond motifs is 1. The van der Waals surface area contributed by atoms with E-state index in [4.69, 9.17) is 19.3 Å². The lowest BCUT2D eigenvalue weighted by molar-refractivity contribution is -0.389. The number of hydrogen-bond donors (Lipinski definition) is 1. The quantitative estimate of drug-likeness (QED) is 0.412. The molecule has 1 aromatic carbocycles. The summed E-state index contributed by atoms with van der Waals surface area (Å²) < 4.78 is 32.3. The van der Waals surface area contributed by atoms with E-state index in [1.54, 1.807) is 6.07 Å². The summed E-state index contributed by atoms with van der Waals surface area (Å²) in [6.07, 6.45) is 2.23. The number of aliphatic hydroxyl groups excluding tert-OH is 1. The first kappa shape index (κ1) is 21.5. The van der Waals surface area contributed by atoms with Crippen LogP contribution >= 0.6 is 0 Å². The molecule has 5 rings (SSSR count). The average molecular weight is 472 g/mol. The molecule has 0 spiro atoms. The van der Waals surface area contributed by atoms with E-state index in [0.29, 0.717) is 11.3 Å². The number of aromatic nitrogens is 4. The van der Waals surface area contributed by atoms with Crippen molar-refractivity contribution >= 4 is 17.6 Å². The van der Waals surface area contributed by atoms with Gasteiger partial charge in [-0.3, -0.25) is 9.47 Å². The number of cyclic esters (lactones) is 1. The van der Waals surface area contributed by atoms with Gasteiger partial charge < -0.3 is 29.4 Å². The fourth-order valence-electron chi connectivity index (χ4n) is 3.63. The number of ether oxygens (including phenoxy) is 3. The molecule has 3 aromatic rings. The zero-order valence-corrected chi connectivity index (χ0v) is 17.4. The third kappa shape index (κ3) is 4.05. The van der Waals surface area contributed by atoms with Crippen molar-refractivity contribution in [1.29, 1.82) is 0 Å². The highest BCUT2D eigenvalue weighted by atomic mass is 19.1. The van der Waals surface area contributed by atoms with Crippen molar-refractivity contribution in [1.82, 2.24) is 19.5 Å². The summed E-state index contributed by atoms with van der Waals surface area (Å²) in [7, 11) is 0. The number of carbonyl (C=O) groups excluding carboxylic acids is 1. The Morgan fingerprint density at radius 3 is 2.76 bits per heavy atom. The maximum atomic E-state index is 14.8. The van der Waals surface area contributed by atoms with Crippen molar-refractivity contribution in [2.24, 2.45) is 0 Å². The lowest BCUT2D eigenvalue weighted by Gasteiger charge is -2.22. The summed E-state index contributed by atoms with van der Waals surface area (Å²) in [6.45, 7) is 0.173. The second-order valence-corrected chi connectivity index (χ2v) is 7.56. The van der Waals surface area contributed by atoms with Gasteiger partial charge in [0.15, 0.2) is 6.10 Å². The number of nitro groups is 1. The van der Waals surface area contributed by atoms with Crippen molar-refractivity contribution < 1.29 is 33.4 Å². The number of imidazole rings is 1. The van der Waals surface area contributed by atoms with Crippen LogP contribution in [0, 0.1) is 15.9 Å². The first-order valence-corrected chi connectivity index (χ1v) is 10.1. The number of carbonyl (C=O) groups is 1. The fourth-order valence-corrected chi connectivity index (χ4v) is 3.63. The number of amides is 1. The van der Waals surface area contributed by atoms with Crippen molar-refractivity contribution in [3.63, 3.8) is 0 Å². The summed E-state index contributed by atoms with van der Waals surface area (Å²) in [6, 6.07) is 4.41. The van der Waals surface area contributed by atoms with Crippen LogP contribution in [0.5, 0.6) is 12.0 Å². The SMILES string of the molecule is O=C1O[C@H](CO)CN1c1ccc(-c2cnc(O[C@H]3COc4nc([N+](=O)[O-])cn4C3)nc2)c(F)c1. The Hall–Kier alpha value is -4.33. The van der Waals surface area contributed by atoms with Gasteiger partial charge in [0, 0.05) is 28.5 Å². The zero-order valence-electron chi connectivity index (χ0n) is 17.4. The van der Waals surface area contributed by atoms with E-state index >= 15 is 0 Å². The highest BCUT2D eigenvalue weighted by Crippen LogP contribution is 2.29. The molecule has 34 heavy (non-hydrogen) atoms. The number of rotatable bonds is 6. The van der Waals surface area contributed by atoms with Gasteiger partial charge in [-0.15, -0.1) is 0 Å². The van der Waals surface area contributed by atoms with Crippen LogP contribution in [0.3, 0.4) is 0 Å². The maximum absolute atomic E-state index is 14.8. The number of anilines is 1. The number of halogens is 1. The summed E-state index contributed by atoms with van der Waals surface area (Å²) in [5.41, 5.74) is 0.915. The monoisotopic (exact) mass is 472 g/mol. The molecule has 1 fully saturated rings. The summed E-state index contributed by atoms with van der Waals surface area (Å²) >= 11 is 0. The largest absolute Gasteiger partial charge is 0.455 e. The highest BCUT2D eigenvalue weighted by Gasteiger charge is 2.32. The normalized spacial score (nSPS) is 19.4. The van der Waals surface area contributed by atoms with Gasteiger partial charge in [-0.25, -0.2) is 19.2 Å². The molecule has 2 atom stereocenters. The molecule has 176 valence electrons. The Balaban J connectivity index is 1.26. The van der Waals surface area contributed by atoms with E-state index in [-0.39, 0.29) is 49.7 Å². The Kier molecular flexibility index (Phi) is 5.41.